The van der Waals surface area contributed by atoms with E-state index >= 15 is 0 Å². The average Bonchev–Trinajstić information content (AvgIpc) is 2.48. The number of hydrogen-bond acceptors (Lipinski definition) is 4. The largest absolute Gasteiger partial charge is 0.491 e. The summed E-state index contributed by atoms with van der Waals surface area (Å²) in [5.74, 6) is 2.93. The van der Waals surface area contributed by atoms with Crippen LogP contribution in [-0.4, -0.2) is 36.6 Å². The predicted octanol–water partition coefficient (Wildman–Crippen LogP) is 2.82. The molecule has 1 amide bonds. The molecule has 0 radical (unpaired) electrons. The zero-order chi connectivity index (χ0) is 15.1. The van der Waals surface area contributed by atoms with Crippen molar-refractivity contribution in [3.05, 3.63) is 23.8 Å². The molecule has 0 saturated carbocycles. The number of hydrogen-bond donors (Lipinski definition) is 2. The van der Waals surface area contributed by atoms with Gasteiger partial charge in [-0.1, -0.05) is 13.0 Å². The summed E-state index contributed by atoms with van der Waals surface area (Å²) in [5.41, 5.74) is 1.90. The first-order valence-corrected chi connectivity index (χ1v) is 8.69. The van der Waals surface area contributed by atoms with Crippen LogP contribution in [0.1, 0.15) is 25.3 Å². The van der Waals surface area contributed by atoms with Crippen LogP contribution >= 0.6 is 11.8 Å². The normalized spacial score (nSPS) is 18.3. The zero-order valence-corrected chi connectivity index (χ0v) is 13.6. The fourth-order valence-electron chi connectivity index (χ4n) is 2.24. The third kappa shape index (κ3) is 5.25. The Balaban J connectivity index is 1.95. The SMILES string of the molecule is CCCOc1cc(C)ccc1NC(=O)CC1CSCCN1. The van der Waals surface area contributed by atoms with Crippen molar-refractivity contribution in [3.8, 4) is 5.75 Å². The highest BCUT2D eigenvalue weighted by atomic mass is 32.2. The first-order valence-electron chi connectivity index (χ1n) is 7.53. The van der Waals surface area contributed by atoms with Gasteiger partial charge >= 0.3 is 0 Å². The Morgan fingerprint density at radius 2 is 2.38 bits per heavy atom. The molecule has 1 atom stereocenters. The van der Waals surface area contributed by atoms with Gasteiger partial charge in [0, 0.05) is 30.5 Å². The fourth-order valence-corrected chi connectivity index (χ4v) is 3.19. The highest BCUT2D eigenvalue weighted by Gasteiger charge is 2.17. The number of thioether (sulfide) groups is 1. The maximum absolute atomic E-state index is 12.2. The van der Waals surface area contributed by atoms with Gasteiger partial charge in [-0.3, -0.25) is 4.79 Å². The van der Waals surface area contributed by atoms with Crippen LogP contribution in [-0.2, 0) is 4.79 Å². The Morgan fingerprint density at radius 1 is 1.52 bits per heavy atom. The Kier molecular flexibility index (Phi) is 6.39. The third-order valence-electron chi connectivity index (χ3n) is 3.30. The molecule has 1 heterocycles. The van der Waals surface area contributed by atoms with Gasteiger partial charge in [0.1, 0.15) is 5.75 Å². The summed E-state index contributed by atoms with van der Waals surface area (Å²) < 4.78 is 5.72. The molecule has 1 aliphatic rings. The number of amides is 1. The van der Waals surface area contributed by atoms with Crippen molar-refractivity contribution in [3.63, 3.8) is 0 Å². The lowest BCUT2D eigenvalue weighted by molar-refractivity contribution is -0.116. The van der Waals surface area contributed by atoms with Crippen molar-refractivity contribution in [1.29, 1.82) is 0 Å². The lowest BCUT2D eigenvalue weighted by atomic mass is 10.2. The second kappa shape index (κ2) is 8.29. The third-order valence-corrected chi connectivity index (χ3v) is 4.43. The van der Waals surface area contributed by atoms with Crippen molar-refractivity contribution >= 4 is 23.4 Å². The Bertz CT molecular complexity index is 473. The molecule has 2 rings (SSSR count). The Labute approximate surface area is 131 Å². The van der Waals surface area contributed by atoms with E-state index in [1.165, 1.54) is 0 Å². The monoisotopic (exact) mass is 308 g/mol. The fraction of sp³-hybridized carbons (Fsp3) is 0.562. The summed E-state index contributed by atoms with van der Waals surface area (Å²) >= 11 is 1.90. The van der Waals surface area contributed by atoms with Crippen molar-refractivity contribution in [1.82, 2.24) is 5.32 Å². The molecular weight excluding hydrogens is 284 g/mol. The van der Waals surface area contributed by atoms with Crippen molar-refractivity contribution in [2.75, 3.05) is 30.0 Å². The predicted molar refractivity (Wildman–Crippen MR) is 89.3 cm³/mol. The van der Waals surface area contributed by atoms with Gasteiger partial charge in [0.05, 0.1) is 12.3 Å². The molecule has 1 aliphatic heterocycles. The highest BCUT2D eigenvalue weighted by Crippen LogP contribution is 2.26. The van der Waals surface area contributed by atoms with E-state index in [1.807, 2.05) is 36.9 Å². The number of carbonyl (C=O) groups is 1. The average molecular weight is 308 g/mol. The van der Waals surface area contributed by atoms with E-state index in [0.29, 0.717) is 13.0 Å². The maximum atomic E-state index is 12.2. The molecule has 0 aromatic heterocycles. The lowest BCUT2D eigenvalue weighted by Crippen LogP contribution is -2.39. The maximum Gasteiger partial charge on any atom is 0.226 e. The van der Waals surface area contributed by atoms with Crippen LogP contribution < -0.4 is 15.4 Å². The van der Waals surface area contributed by atoms with Crippen LogP contribution in [0.2, 0.25) is 0 Å². The molecule has 1 fully saturated rings. The van der Waals surface area contributed by atoms with E-state index in [-0.39, 0.29) is 11.9 Å². The highest BCUT2D eigenvalue weighted by molar-refractivity contribution is 7.99. The summed E-state index contributed by atoms with van der Waals surface area (Å²) in [5, 5.41) is 6.36. The van der Waals surface area contributed by atoms with Crippen LogP contribution in [0.15, 0.2) is 18.2 Å². The molecule has 5 heteroatoms. The minimum Gasteiger partial charge on any atom is -0.491 e. The van der Waals surface area contributed by atoms with Crippen LogP contribution in [0, 0.1) is 6.92 Å². The molecule has 1 saturated heterocycles. The second-order valence-electron chi connectivity index (χ2n) is 5.33. The summed E-state index contributed by atoms with van der Waals surface area (Å²) in [6.45, 7) is 5.74. The van der Waals surface area contributed by atoms with Crippen molar-refractivity contribution < 1.29 is 9.53 Å². The van der Waals surface area contributed by atoms with Crippen molar-refractivity contribution in [2.45, 2.75) is 32.7 Å². The van der Waals surface area contributed by atoms with E-state index in [0.717, 1.165) is 41.5 Å². The molecule has 116 valence electrons. The molecule has 21 heavy (non-hydrogen) atoms. The summed E-state index contributed by atoms with van der Waals surface area (Å²) in [7, 11) is 0. The van der Waals surface area contributed by atoms with Crippen LogP contribution in [0.4, 0.5) is 5.69 Å². The van der Waals surface area contributed by atoms with E-state index in [9.17, 15) is 4.79 Å². The molecule has 1 unspecified atom stereocenters. The van der Waals surface area contributed by atoms with Gasteiger partial charge in [-0.05, 0) is 31.0 Å². The first kappa shape index (κ1) is 16.2. The number of carbonyl (C=O) groups excluding carboxylic acids is 1. The number of rotatable bonds is 6. The minimum atomic E-state index is 0.0419. The Hall–Kier alpha value is -1.20. The molecule has 0 bridgehead atoms. The van der Waals surface area contributed by atoms with Gasteiger partial charge in [-0.2, -0.15) is 11.8 Å². The number of ether oxygens (including phenoxy) is 1. The van der Waals surface area contributed by atoms with E-state index in [2.05, 4.69) is 17.6 Å². The van der Waals surface area contributed by atoms with E-state index in [1.54, 1.807) is 0 Å². The van der Waals surface area contributed by atoms with E-state index < -0.39 is 0 Å². The summed E-state index contributed by atoms with van der Waals surface area (Å²) in [6, 6.07) is 6.15. The second-order valence-corrected chi connectivity index (χ2v) is 6.48. The number of aryl methyl sites for hydroxylation is 1. The van der Waals surface area contributed by atoms with Crippen molar-refractivity contribution in [2.24, 2.45) is 0 Å². The quantitative estimate of drug-likeness (QED) is 0.848. The van der Waals surface area contributed by atoms with Gasteiger partial charge in [-0.25, -0.2) is 0 Å². The molecule has 4 nitrogen and oxygen atoms in total. The van der Waals surface area contributed by atoms with Crippen LogP contribution in [0.3, 0.4) is 0 Å². The molecule has 0 aliphatic carbocycles. The van der Waals surface area contributed by atoms with E-state index in [4.69, 9.17) is 4.74 Å². The number of nitrogens with one attached hydrogen (secondary N) is 2. The van der Waals surface area contributed by atoms with Crippen LogP contribution in [0.5, 0.6) is 5.75 Å². The molecule has 2 N–H and O–H groups in total. The molecular formula is C16H24N2O2S. The summed E-state index contributed by atoms with van der Waals surface area (Å²) in [4.78, 5) is 12.2. The van der Waals surface area contributed by atoms with Gasteiger partial charge in [0.25, 0.3) is 0 Å². The lowest BCUT2D eigenvalue weighted by Gasteiger charge is -2.22. The molecule has 1 aromatic carbocycles. The topological polar surface area (TPSA) is 50.4 Å². The van der Waals surface area contributed by atoms with Gasteiger partial charge in [-0.15, -0.1) is 0 Å². The number of anilines is 1. The number of benzene rings is 1. The Morgan fingerprint density at radius 3 is 3.10 bits per heavy atom. The smallest absolute Gasteiger partial charge is 0.226 e. The molecule has 1 aromatic rings. The standard InChI is InChI=1S/C16H24N2O2S/c1-3-7-20-15-9-12(2)4-5-14(15)18-16(19)10-13-11-21-8-6-17-13/h4-5,9,13,17H,3,6-8,10-11H2,1-2H3,(H,18,19). The minimum absolute atomic E-state index is 0.0419. The summed E-state index contributed by atoms with van der Waals surface area (Å²) in [6.07, 6.45) is 1.46. The van der Waals surface area contributed by atoms with Gasteiger partial charge < -0.3 is 15.4 Å². The first-order chi connectivity index (χ1) is 10.2. The van der Waals surface area contributed by atoms with Gasteiger partial charge in [0.15, 0.2) is 0 Å². The van der Waals surface area contributed by atoms with Crippen LogP contribution in [0.25, 0.3) is 0 Å². The molecule has 0 spiro atoms. The zero-order valence-electron chi connectivity index (χ0n) is 12.8. The van der Waals surface area contributed by atoms with Gasteiger partial charge in [0.2, 0.25) is 5.91 Å².